The van der Waals surface area contributed by atoms with E-state index in [0.29, 0.717) is 34.0 Å². The molecule has 2 aromatic heterocycles. The summed E-state index contributed by atoms with van der Waals surface area (Å²) >= 11 is 5.74. The lowest BCUT2D eigenvalue weighted by atomic mass is 9.89. The molecule has 0 unspecified atom stereocenters. The molecule has 9 nitrogen and oxygen atoms in total. The van der Waals surface area contributed by atoms with Crippen LogP contribution in [0.1, 0.15) is 31.7 Å². The average molecular weight is 616 g/mol. The van der Waals surface area contributed by atoms with Gasteiger partial charge in [-0.15, -0.1) is 0 Å². The highest BCUT2D eigenvalue weighted by molar-refractivity contribution is 7.92. The molecular weight excluding hydrogens is 584 g/mol. The number of rotatable bonds is 6. The molecule has 222 valence electrons. The molecule has 0 bridgehead atoms. The van der Waals surface area contributed by atoms with Gasteiger partial charge in [-0.2, -0.15) is 0 Å². The maximum Gasteiger partial charge on any atom is 0.262 e. The standard InChI is InChI=1S/C29H32ClF2N7O2S/c1-37-10-12-38(13-11-37)19-3-5-20(6-4-19)39-16-22(27-28(33)34-17-35-29(27)39)18-2-9-26(25(32)14-18)36-42(40,41)21-7-8-24(31)23(30)15-21/h2,7-9,14-17,19-20,36H,3-6,10-13H2,1H3,(H2,33,34,35). The van der Waals surface area contributed by atoms with Crippen molar-refractivity contribution >= 4 is 44.2 Å². The lowest BCUT2D eigenvalue weighted by Crippen LogP contribution is -2.49. The molecule has 0 radical (unpaired) electrons. The van der Waals surface area contributed by atoms with Crippen LogP contribution in [0.4, 0.5) is 20.3 Å². The Morgan fingerprint density at radius 3 is 2.36 bits per heavy atom. The molecule has 0 atom stereocenters. The van der Waals surface area contributed by atoms with Crippen LogP contribution in [0.3, 0.4) is 0 Å². The van der Waals surface area contributed by atoms with Crippen molar-refractivity contribution in [1.29, 1.82) is 0 Å². The Balaban J connectivity index is 1.26. The summed E-state index contributed by atoms with van der Waals surface area (Å²) in [5.41, 5.74) is 7.93. The summed E-state index contributed by atoms with van der Waals surface area (Å²) in [5.74, 6) is -1.25. The minimum atomic E-state index is -4.21. The smallest absolute Gasteiger partial charge is 0.262 e. The Morgan fingerprint density at radius 2 is 1.67 bits per heavy atom. The van der Waals surface area contributed by atoms with Crippen molar-refractivity contribution in [3.63, 3.8) is 0 Å². The van der Waals surface area contributed by atoms with Gasteiger partial charge in [-0.25, -0.2) is 27.2 Å². The Hall–Kier alpha value is -3.32. The number of fused-ring (bicyclic) bond motifs is 1. The number of hydrogen-bond donors (Lipinski definition) is 2. The van der Waals surface area contributed by atoms with Crippen molar-refractivity contribution < 1.29 is 17.2 Å². The Kier molecular flexibility index (Phi) is 7.81. The van der Waals surface area contributed by atoms with Gasteiger partial charge in [-0.3, -0.25) is 9.62 Å². The van der Waals surface area contributed by atoms with Gasteiger partial charge in [0.05, 0.1) is 21.0 Å². The van der Waals surface area contributed by atoms with E-state index in [1.54, 1.807) is 6.07 Å². The molecule has 3 N–H and O–H groups in total. The number of anilines is 2. The zero-order chi connectivity index (χ0) is 29.6. The van der Waals surface area contributed by atoms with Crippen molar-refractivity contribution in [3.8, 4) is 11.1 Å². The molecule has 0 amide bonds. The van der Waals surface area contributed by atoms with E-state index in [1.807, 2.05) is 6.20 Å². The minimum absolute atomic E-state index is 0.220. The highest BCUT2D eigenvalue weighted by Gasteiger charge is 2.30. The highest BCUT2D eigenvalue weighted by Crippen LogP contribution is 2.39. The first kappa shape index (κ1) is 28.8. The van der Waals surface area contributed by atoms with E-state index in [-0.39, 0.29) is 21.6 Å². The van der Waals surface area contributed by atoms with E-state index in [0.717, 1.165) is 70.1 Å². The monoisotopic (exact) mass is 615 g/mol. The van der Waals surface area contributed by atoms with Crippen molar-refractivity contribution in [2.45, 2.75) is 42.7 Å². The second kappa shape index (κ2) is 11.4. The SMILES string of the molecule is CN1CCN(C2CCC(n3cc(-c4ccc(NS(=O)(=O)c5ccc(F)c(Cl)c5)c(F)c4)c4c(N)ncnc43)CC2)CC1. The number of nitrogens with zero attached hydrogens (tertiary/aromatic N) is 5. The van der Waals surface area contributed by atoms with Crippen LogP contribution in [0.15, 0.2) is 53.8 Å². The number of halogens is 3. The summed E-state index contributed by atoms with van der Waals surface area (Å²) < 4.78 is 58.8. The fourth-order valence-electron chi connectivity index (χ4n) is 6.11. The first-order valence-corrected chi connectivity index (χ1v) is 15.8. The summed E-state index contributed by atoms with van der Waals surface area (Å²) in [6, 6.07) is 7.99. The number of nitrogens with one attached hydrogen (secondary N) is 1. The van der Waals surface area contributed by atoms with Crippen LogP contribution < -0.4 is 10.5 Å². The van der Waals surface area contributed by atoms with Crippen LogP contribution in [0, 0.1) is 11.6 Å². The van der Waals surface area contributed by atoms with Gasteiger partial charge < -0.3 is 15.2 Å². The van der Waals surface area contributed by atoms with Gasteiger partial charge in [0.25, 0.3) is 10.0 Å². The van der Waals surface area contributed by atoms with Gasteiger partial charge >= 0.3 is 0 Å². The molecule has 1 saturated carbocycles. The van der Waals surface area contributed by atoms with E-state index < -0.39 is 21.7 Å². The first-order valence-electron chi connectivity index (χ1n) is 13.9. The number of sulfonamides is 1. The second-order valence-corrected chi connectivity index (χ2v) is 13.2. The van der Waals surface area contributed by atoms with Gasteiger partial charge in [0, 0.05) is 50.0 Å². The predicted octanol–water partition coefficient (Wildman–Crippen LogP) is 5.14. The zero-order valence-electron chi connectivity index (χ0n) is 23.1. The van der Waals surface area contributed by atoms with Crippen molar-refractivity contribution in [1.82, 2.24) is 24.3 Å². The largest absolute Gasteiger partial charge is 0.383 e. The fraction of sp³-hybridized carbons (Fsp3) is 0.379. The molecule has 1 aliphatic carbocycles. The quantitative estimate of drug-likeness (QED) is 0.309. The molecule has 13 heteroatoms. The van der Waals surface area contributed by atoms with E-state index in [4.69, 9.17) is 17.3 Å². The van der Waals surface area contributed by atoms with Crippen molar-refractivity contribution in [3.05, 3.63) is 65.6 Å². The third-order valence-electron chi connectivity index (χ3n) is 8.48. The summed E-state index contributed by atoms with van der Waals surface area (Å²) in [7, 11) is -2.05. The fourth-order valence-corrected chi connectivity index (χ4v) is 7.45. The molecule has 2 fully saturated rings. The van der Waals surface area contributed by atoms with Crippen LogP contribution in [0.2, 0.25) is 5.02 Å². The molecule has 0 spiro atoms. The number of benzene rings is 2. The van der Waals surface area contributed by atoms with Gasteiger partial charge in [0.2, 0.25) is 0 Å². The third kappa shape index (κ3) is 5.56. The average Bonchev–Trinajstić information content (AvgIpc) is 3.37. The number of likely N-dealkylation sites (N-methyl/N-ethyl adjacent to an activating group) is 1. The maximum atomic E-state index is 15.3. The molecule has 3 heterocycles. The van der Waals surface area contributed by atoms with Gasteiger partial charge in [-0.1, -0.05) is 17.7 Å². The molecule has 6 rings (SSSR count). The molecule has 1 aliphatic heterocycles. The molecule has 2 aromatic carbocycles. The molecule has 42 heavy (non-hydrogen) atoms. The lowest BCUT2D eigenvalue weighted by molar-refractivity contribution is 0.0828. The summed E-state index contributed by atoms with van der Waals surface area (Å²) in [6.07, 6.45) is 7.56. The third-order valence-corrected chi connectivity index (χ3v) is 10.1. The molecular formula is C29H32ClF2N7O2S. The van der Waals surface area contributed by atoms with Gasteiger partial charge in [0.1, 0.15) is 29.4 Å². The number of nitrogens with two attached hydrogens (primary N) is 1. The summed E-state index contributed by atoms with van der Waals surface area (Å²) in [6.45, 7) is 4.39. The lowest BCUT2D eigenvalue weighted by Gasteiger charge is -2.41. The number of aromatic nitrogens is 3. The zero-order valence-corrected chi connectivity index (χ0v) is 24.7. The van der Waals surface area contributed by atoms with Crippen LogP contribution in [-0.2, 0) is 10.0 Å². The van der Waals surface area contributed by atoms with Crippen molar-refractivity contribution in [2.24, 2.45) is 0 Å². The normalized spacial score (nSPS) is 20.7. The van der Waals surface area contributed by atoms with Crippen LogP contribution in [0.25, 0.3) is 22.2 Å². The predicted molar refractivity (Wildman–Crippen MR) is 160 cm³/mol. The van der Waals surface area contributed by atoms with Gasteiger partial charge in [0.15, 0.2) is 0 Å². The molecule has 4 aromatic rings. The number of piperazine rings is 1. The highest BCUT2D eigenvalue weighted by atomic mass is 35.5. The minimum Gasteiger partial charge on any atom is -0.383 e. The van der Waals surface area contributed by atoms with E-state index in [9.17, 15) is 12.8 Å². The number of hydrogen-bond acceptors (Lipinski definition) is 7. The topological polar surface area (TPSA) is 109 Å². The number of nitrogen functional groups attached to an aromatic ring is 1. The Morgan fingerprint density at radius 1 is 0.952 bits per heavy atom. The van der Waals surface area contributed by atoms with Crippen LogP contribution >= 0.6 is 11.6 Å². The second-order valence-electron chi connectivity index (χ2n) is 11.1. The Labute approximate surface area is 248 Å². The van der Waals surface area contributed by atoms with E-state index in [2.05, 4.69) is 36.1 Å². The van der Waals surface area contributed by atoms with Crippen molar-refractivity contribution in [2.75, 3.05) is 43.7 Å². The van der Waals surface area contributed by atoms with Gasteiger partial charge in [-0.05, 0) is 68.6 Å². The molecule has 2 aliphatic rings. The van der Waals surface area contributed by atoms with E-state index in [1.165, 1.54) is 18.5 Å². The Bertz CT molecular complexity index is 1730. The van der Waals surface area contributed by atoms with E-state index >= 15 is 4.39 Å². The van der Waals surface area contributed by atoms with Crippen LogP contribution in [0.5, 0.6) is 0 Å². The summed E-state index contributed by atoms with van der Waals surface area (Å²) in [4.78, 5) is 13.4. The summed E-state index contributed by atoms with van der Waals surface area (Å²) in [5, 5.41) is 0.282. The van der Waals surface area contributed by atoms with Crippen LogP contribution in [-0.4, -0.2) is 72.0 Å². The molecule has 1 saturated heterocycles. The maximum absolute atomic E-state index is 15.3. The first-order chi connectivity index (χ1) is 20.1.